The first-order valence-electron chi connectivity index (χ1n) is 17.6. The number of epoxide rings is 1. The predicted octanol–water partition coefficient (Wildman–Crippen LogP) is 5.67. The van der Waals surface area contributed by atoms with Gasteiger partial charge in [-0.3, -0.25) is 9.59 Å². The lowest BCUT2D eigenvalue weighted by Gasteiger charge is -2.33. The summed E-state index contributed by atoms with van der Waals surface area (Å²) in [6.07, 6.45) is 5.76. The highest BCUT2D eigenvalue weighted by Gasteiger charge is 2.63. The smallest absolute Gasteiger partial charge is 0.407 e. The monoisotopic (exact) mass is 765 g/mol. The number of aliphatic hydroxyl groups excluding tert-OH is 1. The summed E-state index contributed by atoms with van der Waals surface area (Å²) in [6.45, 7) is 11.2. The van der Waals surface area contributed by atoms with Crippen LogP contribution in [0.15, 0.2) is 35.9 Å². The number of likely N-dealkylation sites (N-methyl/N-ethyl adjacent to an activating group) is 1. The Morgan fingerprint density at radius 3 is 2.58 bits per heavy atom. The summed E-state index contributed by atoms with van der Waals surface area (Å²) in [5.74, 6) is -1.12. The fourth-order valence-electron chi connectivity index (χ4n) is 6.51. The van der Waals surface area contributed by atoms with Crippen molar-refractivity contribution in [3.05, 3.63) is 46.5 Å². The molecular formula is C38H56ClN3O9S. The van der Waals surface area contributed by atoms with Crippen LogP contribution in [0.25, 0.3) is 0 Å². The Morgan fingerprint density at radius 1 is 1.27 bits per heavy atom. The lowest BCUT2D eigenvalue weighted by Crippen LogP contribution is -2.49. The van der Waals surface area contributed by atoms with Crippen LogP contribution in [0, 0.1) is 5.92 Å². The van der Waals surface area contributed by atoms with Gasteiger partial charge in [0.1, 0.15) is 34.6 Å². The number of carbonyl (C=O) groups excluding carboxylic acids is 4. The van der Waals surface area contributed by atoms with Crippen molar-refractivity contribution < 1.29 is 43.2 Å². The third-order valence-corrected chi connectivity index (χ3v) is 10.6. The van der Waals surface area contributed by atoms with E-state index in [2.05, 4.69) is 17.9 Å². The van der Waals surface area contributed by atoms with Gasteiger partial charge in [-0.05, 0) is 57.7 Å². The first kappa shape index (κ1) is 43.1. The molecule has 290 valence electrons. The lowest BCUT2D eigenvalue weighted by atomic mass is 9.85. The van der Waals surface area contributed by atoms with Gasteiger partial charge in [-0.1, -0.05) is 56.2 Å². The number of nitrogens with zero attached hydrogens (tertiary/aromatic N) is 2. The number of halogens is 1. The van der Waals surface area contributed by atoms with E-state index in [9.17, 15) is 19.2 Å². The van der Waals surface area contributed by atoms with Crippen LogP contribution < -0.4 is 15.0 Å². The summed E-state index contributed by atoms with van der Waals surface area (Å²) in [7, 11) is 5.69. The zero-order valence-corrected chi connectivity index (χ0v) is 33.7. The molecule has 1 aromatic carbocycles. The molecule has 2 N–H and O–H groups in total. The molecule has 0 radical (unpaired) electrons. The van der Waals surface area contributed by atoms with Gasteiger partial charge in [0.25, 0.3) is 0 Å². The highest BCUT2D eigenvalue weighted by Crippen LogP contribution is 2.49. The van der Waals surface area contributed by atoms with Crippen molar-refractivity contribution in [2.75, 3.05) is 33.2 Å². The molecule has 2 fully saturated rings. The van der Waals surface area contributed by atoms with Gasteiger partial charge in [0.2, 0.25) is 11.8 Å². The van der Waals surface area contributed by atoms with E-state index in [1.807, 2.05) is 58.1 Å². The van der Waals surface area contributed by atoms with Crippen molar-refractivity contribution in [2.24, 2.45) is 5.92 Å². The topological polar surface area (TPSA) is 147 Å². The van der Waals surface area contributed by atoms with Crippen LogP contribution in [-0.4, -0.2) is 103 Å². The van der Waals surface area contributed by atoms with Crippen molar-refractivity contribution in [2.45, 2.75) is 121 Å². The standard InChI is InChI=1S/C37H52ClN3O8S.CH4O/c1-21-12-10-11-13-25-19-27(47-35(45)39-25)22(2)33-37(6,49-33)29(48-34(44)23(3)40(7)30(42)14-15-36(4,5)50)20-31(43)41(8)26-17-24(16-21)18-28(46-9)32(26)38;1-2/h10-12,17-18,22-23,25,27,29,33,50H,13-16,19-20H2,1-9H3,(H,39,45);2H,1H3/b11-10+,21-12+;/t22-,23+,25?,27+,29+,33+,37+;/m1./s1. The average Bonchev–Trinajstić information content (AvgIpc) is 3.80. The molecule has 4 rings (SSSR count). The third-order valence-electron chi connectivity index (χ3n) is 10.0. The predicted molar refractivity (Wildman–Crippen MR) is 204 cm³/mol. The number of thiol groups is 1. The van der Waals surface area contributed by atoms with Crippen LogP contribution in [0.5, 0.6) is 5.75 Å². The number of amides is 3. The van der Waals surface area contributed by atoms with E-state index in [1.165, 1.54) is 16.9 Å². The number of allylic oxidation sites excluding steroid dienone is 3. The van der Waals surface area contributed by atoms with Crippen molar-refractivity contribution in [1.82, 2.24) is 10.2 Å². The van der Waals surface area contributed by atoms with Gasteiger partial charge in [0.05, 0.1) is 25.3 Å². The van der Waals surface area contributed by atoms with Crippen LogP contribution in [0.3, 0.4) is 0 Å². The van der Waals surface area contributed by atoms with E-state index in [0.717, 1.165) is 18.2 Å². The van der Waals surface area contributed by atoms with Gasteiger partial charge >= 0.3 is 12.1 Å². The zero-order chi connectivity index (χ0) is 39.1. The largest absolute Gasteiger partial charge is 0.495 e. The van der Waals surface area contributed by atoms with Gasteiger partial charge in [-0.2, -0.15) is 12.6 Å². The molecule has 3 heterocycles. The summed E-state index contributed by atoms with van der Waals surface area (Å²) in [4.78, 5) is 56.1. The number of hydrogen-bond donors (Lipinski definition) is 3. The molecule has 52 heavy (non-hydrogen) atoms. The van der Waals surface area contributed by atoms with E-state index >= 15 is 0 Å². The first-order chi connectivity index (χ1) is 24.3. The number of nitrogens with one attached hydrogen (secondary N) is 1. The minimum Gasteiger partial charge on any atom is -0.495 e. The Hall–Kier alpha value is -3.26. The van der Waals surface area contributed by atoms with Crippen LogP contribution in [0.4, 0.5) is 10.5 Å². The van der Waals surface area contributed by atoms with Gasteiger partial charge in [0, 0.05) is 50.8 Å². The maximum atomic E-state index is 14.1. The molecule has 12 nitrogen and oxygen atoms in total. The highest BCUT2D eigenvalue weighted by atomic mass is 35.5. The molecule has 0 aliphatic carbocycles. The van der Waals surface area contributed by atoms with Crippen LogP contribution >= 0.6 is 24.2 Å². The highest BCUT2D eigenvalue weighted by molar-refractivity contribution is 7.81. The number of esters is 1. The number of alkyl carbamates (subject to hydrolysis) is 1. The van der Waals surface area contributed by atoms with Crippen molar-refractivity contribution in [3.8, 4) is 5.75 Å². The normalized spacial score (nSPS) is 28.7. The second kappa shape index (κ2) is 18.2. The number of aliphatic hydroxyl groups is 1. The van der Waals surface area contributed by atoms with Crippen LogP contribution in [-0.2, 0) is 35.0 Å². The van der Waals surface area contributed by atoms with Crippen molar-refractivity contribution in [3.63, 3.8) is 0 Å². The molecule has 0 spiro atoms. The lowest BCUT2D eigenvalue weighted by molar-refractivity contribution is -0.162. The van der Waals surface area contributed by atoms with E-state index in [0.29, 0.717) is 37.1 Å². The molecular weight excluding hydrogens is 710 g/mol. The Labute approximate surface area is 318 Å². The molecule has 3 aliphatic heterocycles. The van der Waals surface area contributed by atoms with Gasteiger partial charge in [0.15, 0.2) is 0 Å². The third kappa shape index (κ3) is 10.9. The summed E-state index contributed by atoms with van der Waals surface area (Å²) < 4.78 is 23.3. The Morgan fingerprint density at radius 2 is 1.94 bits per heavy atom. The fraction of sp³-hybridized carbons (Fsp3) is 0.632. The van der Waals surface area contributed by atoms with Crippen LogP contribution in [0.2, 0.25) is 5.02 Å². The number of rotatable bonds is 7. The average molecular weight is 766 g/mol. The fourth-order valence-corrected chi connectivity index (χ4v) is 6.93. The minimum absolute atomic E-state index is 0.144. The quantitative estimate of drug-likeness (QED) is 0.182. The van der Waals surface area contributed by atoms with Crippen molar-refractivity contribution in [1.29, 1.82) is 0 Å². The summed E-state index contributed by atoms with van der Waals surface area (Å²) in [6, 6.07) is 2.62. The Kier molecular flexibility index (Phi) is 15.1. The molecule has 3 amide bonds. The minimum atomic E-state index is -1.08. The molecule has 1 aromatic rings. The number of hydrogen-bond acceptors (Lipinski definition) is 10. The zero-order valence-electron chi connectivity index (χ0n) is 32.0. The molecule has 1 unspecified atom stereocenters. The number of benzene rings is 1. The van der Waals surface area contributed by atoms with E-state index in [4.69, 9.17) is 35.7 Å². The van der Waals surface area contributed by atoms with E-state index in [1.54, 1.807) is 27.9 Å². The van der Waals surface area contributed by atoms with E-state index in [-0.39, 0.29) is 46.4 Å². The molecule has 0 saturated carbocycles. The number of ether oxygens (including phenoxy) is 4. The molecule has 2 saturated heterocycles. The number of fused-ring (bicyclic) bond motifs is 5. The van der Waals surface area contributed by atoms with Gasteiger partial charge < -0.3 is 39.2 Å². The summed E-state index contributed by atoms with van der Waals surface area (Å²) in [5, 5.41) is 10.2. The van der Waals surface area contributed by atoms with Gasteiger partial charge in [-0.15, -0.1) is 0 Å². The molecule has 7 atom stereocenters. The molecule has 14 heteroatoms. The number of anilines is 1. The van der Waals surface area contributed by atoms with Crippen molar-refractivity contribution >= 4 is 53.8 Å². The number of methoxy groups -OCH3 is 1. The molecule has 0 aromatic heterocycles. The SMILES string of the molecule is CO.COc1cc2cc(c1Cl)N(C)C(=O)C[C@H](OC(=O)[C@H](C)N(C)C(=O)CCC(C)(C)S)[C@]1(C)O[C@H]1[C@H](C)[C@@H]1CC(C/C=C/C=C(\C)C2)NC(=O)O1. The van der Waals surface area contributed by atoms with Crippen LogP contribution in [0.1, 0.15) is 79.2 Å². The maximum absolute atomic E-state index is 14.1. The number of carbonyl (C=O) groups is 4. The Balaban J connectivity index is 0.00000358. The second-order valence-electron chi connectivity index (χ2n) is 14.7. The van der Waals surface area contributed by atoms with Gasteiger partial charge in [-0.25, -0.2) is 9.59 Å². The first-order valence-corrected chi connectivity index (χ1v) is 18.4. The molecule has 3 aliphatic rings. The Bertz CT molecular complexity index is 1530. The summed E-state index contributed by atoms with van der Waals surface area (Å²) >= 11 is 11.3. The molecule has 4 bridgehead atoms. The second-order valence-corrected chi connectivity index (χ2v) is 16.3. The summed E-state index contributed by atoms with van der Waals surface area (Å²) in [5.41, 5.74) is 1.32. The van der Waals surface area contributed by atoms with E-state index < -0.39 is 42.0 Å². The maximum Gasteiger partial charge on any atom is 0.407 e.